The van der Waals surface area contributed by atoms with Gasteiger partial charge in [-0.1, -0.05) is 31.0 Å². The average molecular weight is 466 g/mol. The quantitative estimate of drug-likeness (QED) is 0.357. The summed E-state index contributed by atoms with van der Waals surface area (Å²) in [6.07, 6.45) is 3.61. The molecule has 7 nitrogen and oxygen atoms in total. The van der Waals surface area contributed by atoms with E-state index in [9.17, 15) is 14.7 Å². The Hall–Kier alpha value is -3.48. The zero-order valence-electron chi connectivity index (χ0n) is 20.0. The summed E-state index contributed by atoms with van der Waals surface area (Å²) in [7, 11) is 3.09. The number of benzene rings is 2. The second kappa shape index (κ2) is 9.79. The van der Waals surface area contributed by atoms with E-state index >= 15 is 0 Å². The van der Waals surface area contributed by atoms with Gasteiger partial charge < -0.3 is 24.2 Å². The molecule has 0 spiro atoms. The standard InChI is InChI=1S/C27H31NO6/c1-16(2)34-20-11-7-8-18(14-20)25(29)23-24(17-12-13-21(32-3)22(15-17)33-4)28(27(31)26(23)30)19-9-5-6-10-19/h7-8,11-16,19,24,29H,5-6,9-10H2,1-4H3/b25-23-. The Morgan fingerprint density at radius 1 is 1.00 bits per heavy atom. The fraction of sp³-hybridized carbons (Fsp3) is 0.407. The van der Waals surface area contributed by atoms with Gasteiger partial charge in [0, 0.05) is 11.6 Å². The van der Waals surface area contributed by atoms with Crippen LogP contribution in [0.25, 0.3) is 5.76 Å². The van der Waals surface area contributed by atoms with Crippen molar-refractivity contribution in [3.05, 3.63) is 59.2 Å². The van der Waals surface area contributed by atoms with Crippen molar-refractivity contribution in [2.75, 3.05) is 14.2 Å². The highest BCUT2D eigenvalue weighted by molar-refractivity contribution is 6.46. The van der Waals surface area contributed by atoms with E-state index in [-0.39, 0.29) is 23.5 Å². The first-order valence-corrected chi connectivity index (χ1v) is 11.6. The first-order chi connectivity index (χ1) is 16.3. The molecular weight excluding hydrogens is 434 g/mol. The summed E-state index contributed by atoms with van der Waals surface area (Å²) >= 11 is 0. The Morgan fingerprint density at radius 2 is 1.71 bits per heavy atom. The highest BCUT2D eigenvalue weighted by Crippen LogP contribution is 2.45. The third-order valence-corrected chi connectivity index (χ3v) is 6.40. The van der Waals surface area contributed by atoms with Gasteiger partial charge in [0.25, 0.3) is 11.7 Å². The van der Waals surface area contributed by atoms with Gasteiger partial charge in [0.15, 0.2) is 11.5 Å². The smallest absolute Gasteiger partial charge is 0.295 e. The topological polar surface area (TPSA) is 85.3 Å². The summed E-state index contributed by atoms with van der Waals surface area (Å²) in [6.45, 7) is 3.83. The van der Waals surface area contributed by atoms with Gasteiger partial charge >= 0.3 is 0 Å². The first kappa shape index (κ1) is 23.7. The zero-order chi connectivity index (χ0) is 24.4. The van der Waals surface area contributed by atoms with Crippen molar-refractivity contribution in [2.24, 2.45) is 0 Å². The molecule has 2 aromatic rings. The summed E-state index contributed by atoms with van der Waals surface area (Å²) in [4.78, 5) is 28.2. The van der Waals surface area contributed by atoms with Crippen LogP contribution in [0.15, 0.2) is 48.0 Å². The lowest BCUT2D eigenvalue weighted by Gasteiger charge is -2.31. The number of carbonyl (C=O) groups excluding carboxylic acids is 2. The van der Waals surface area contributed by atoms with Crippen LogP contribution in [0.1, 0.15) is 56.7 Å². The van der Waals surface area contributed by atoms with Crippen molar-refractivity contribution >= 4 is 17.4 Å². The SMILES string of the molecule is COc1ccc(C2/C(=C(/O)c3cccc(OC(C)C)c3)C(=O)C(=O)N2C2CCCC2)cc1OC. The summed E-state index contributed by atoms with van der Waals surface area (Å²) in [5.41, 5.74) is 1.18. The minimum absolute atomic E-state index is 0.0443. The molecule has 1 saturated heterocycles. The predicted molar refractivity (Wildman–Crippen MR) is 128 cm³/mol. The highest BCUT2D eigenvalue weighted by atomic mass is 16.5. The third-order valence-electron chi connectivity index (χ3n) is 6.40. The maximum absolute atomic E-state index is 13.3. The van der Waals surface area contributed by atoms with E-state index in [0.717, 1.165) is 25.7 Å². The van der Waals surface area contributed by atoms with Crippen LogP contribution in [0, 0.1) is 0 Å². The monoisotopic (exact) mass is 465 g/mol. The molecule has 1 N–H and O–H groups in total. The molecule has 1 heterocycles. The van der Waals surface area contributed by atoms with E-state index in [4.69, 9.17) is 14.2 Å². The number of rotatable bonds is 7. The molecule has 1 aliphatic heterocycles. The first-order valence-electron chi connectivity index (χ1n) is 11.6. The van der Waals surface area contributed by atoms with Crippen molar-refractivity contribution < 1.29 is 28.9 Å². The number of ether oxygens (including phenoxy) is 3. The van der Waals surface area contributed by atoms with Gasteiger partial charge in [-0.15, -0.1) is 0 Å². The largest absolute Gasteiger partial charge is 0.507 e. The van der Waals surface area contributed by atoms with Crippen LogP contribution >= 0.6 is 0 Å². The summed E-state index contributed by atoms with van der Waals surface area (Å²) in [5.74, 6) is 0.133. The maximum Gasteiger partial charge on any atom is 0.295 e. The van der Waals surface area contributed by atoms with Crippen molar-refractivity contribution in [3.8, 4) is 17.2 Å². The number of hydrogen-bond donors (Lipinski definition) is 1. The van der Waals surface area contributed by atoms with Crippen LogP contribution in [0.5, 0.6) is 17.2 Å². The molecule has 180 valence electrons. The van der Waals surface area contributed by atoms with Gasteiger partial charge in [0.2, 0.25) is 0 Å². The molecular formula is C27H31NO6. The summed E-state index contributed by atoms with van der Waals surface area (Å²) in [6, 6.07) is 11.5. The summed E-state index contributed by atoms with van der Waals surface area (Å²) in [5, 5.41) is 11.4. The lowest BCUT2D eigenvalue weighted by atomic mass is 9.94. The maximum atomic E-state index is 13.3. The third kappa shape index (κ3) is 4.34. The van der Waals surface area contributed by atoms with E-state index in [1.807, 2.05) is 19.9 Å². The molecule has 2 aromatic carbocycles. The van der Waals surface area contributed by atoms with Crippen molar-refractivity contribution in [3.63, 3.8) is 0 Å². The molecule has 1 unspecified atom stereocenters. The van der Waals surface area contributed by atoms with E-state index in [0.29, 0.717) is 28.4 Å². The number of amides is 1. The lowest BCUT2D eigenvalue weighted by molar-refractivity contribution is -0.141. The average Bonchev–Trinajstić information content (AvgIpc) is 3.44. The van der Waals surface area contributed by atoms with Gasteiger partial charge in [-0.3, -0.25) is 9.59 Å². The molecule has 0 aromatic heterocycles. The fourth-order valence-electron chi connectivity index (χ4n) is 4.90. The van der Waals surface area contributed by atoms with Crippen LogP contribution < -0.4 is 14.2 Å². The minimum atomic E-state index is -0.724. The lowest BCUT2D eigenvalue weighted by Crippen LogP contribution is -2.37. The predicted octanol–water partition coefficient (Wildman–Crippen LogP) is 4.86. The molecule has 1 atom stereocenters. The molecule has 2 fully saturated rings. The van der Waals surface area contributed by atoms with Gasteiger partial charge in [0.1, 0.15) is 11.5 Å². The normalized spacial score (nSPS) is 20.3. The highest BCUT2D eigenvalue weighted by Gasteiger charge is 2.49. The molecule has 0 radical (unpaired) electrons. The molecule has 34 heavy (non-hydrogen) atoms. The molecule has 1 amide bonds. The van der Waals surface area contributed by atoms with Gasteiger partial charge in [-0.25, -0.2) is 0 Å². The fourth-order valence-corrected chi connectivity index (χ4v) is 4.90. The Morgan fingerprint density at radius 3 is 2.35 bits per heavy atom. The summed E-state index contributed by atoms with van der Waals surface area (Å²) < 4.78 is 16.6. The molecule has 1 aliphatic carbocycles. The van der Waals surface area contributed by atoms with E-state index in [2.05, 4.69) is 0 Å². The van der Waals surface area contributed by atoms with Crippen molar-refractivity contribution in [2.45, 2.75) is 57.7 Å². The second-order valence-corrected chi connectivity index (χ2v) is 8.95. The number of aliphatic hydroxyl groups excluding tert-OH is 1. The van der Waals surface area contributed by atoms with E-state index < -0.39 is 17.7 Å². The van der Waals surface area contributed by atoms with Crippen LogP contribution in [0.2, 0.25) is 0 Å². The van der Waals surface area contributed by atoms with Crippen LogP contribution in [-0.4, -0.2) is 48.1 Å². The number of hydrogen-bond acceptors (Lipinski definition) is 6. The zero-order valence-corrected chi connectivity index (χ0v) is 20.0. The number of nitrogens with zero attached hydrogens (tertiary/aromatic N) is 1. The van der Waals surface area contributed by atoms with Gasteiger partial charge in [-0.2, -0.15) is 0 Å². The Labute approximate surface area is 199 Å². The van der Waals surface area contributed by atoms with Gasteiger partial charge in [0.05, 0.1) is 31.9 Å². The molecule has 7 heteroatoms. The number of Topliss-reactive ketones (excluding diaryl/α,β-unsaturated/α-hetero) is 1. The minimum Gasteiger partial charge on any atom is -0.507 e. The molecule has 0 bridgehead atoms. The number of carbonyl (C=O) groups is 2. The number of likely N-dealkylation sites (tertiary alicyclic amines) is 1. The molecule has 1 saturated carbocycles. The Bertz CT molecular complexity index is 1120. The van der Waals surface area contributed by atoms with Crippen molar-refractivity contribution in [1.82, 2.24) is 4.90 Å². The molecule has 2 aliphatic rings. The Balaban J connectivity index is 1.87. The number of methoxy groups -OCH3 is 2. The van der Waals surface area contributed by atoms with Gasteiger partial charge in [-0.05, 0) is 56.5 Å². The number of aliphatic hydroxyl groups is 1. The van der Waals surface area contributed by atoms with E-state index in [1.54, 1.807) is 48.4 Å². The van der Waals surface area contributed by atoms with Crippen LogP contribution in [0.4, 0.5) is 0 Å². The Kier molecular flexibility index (Phi) is 6.82. The van der Waals surface area contributed by atoms with E-state index in [1.165, 1.54) is 7.11 Å². The molecule has 4 rings (SSSR count). The second-order valence-electron chi connectivity index (χ2n) is 8.95. The van der Waals surface area contributed by atoms with Crippen LogP contribution in [-0.2, 0) is 9.59 Å². The van der Waals surface area contributed by atoms with Crippen molar-refractivity contribution in [1.29, 1.82) is 0 Å². The number of ketones is 1. The van der Waals surface area contributed by atoms with Crippen LogP contribution in [0.3, 0.4) is 0 Å².